The second-order valence-electron chi connectivity index (χ2n) is 8.66. The van der Waals surface area contributed by atoms with Crippen molar-refractivity contribution in [2.75, 3.05) is 28.0 Å². The molecular weight excluding hydrogens is 574 g/mol. The third kappa shape index (κ3) is 6.74. The van der Waals surface area contributed by atoms with Crippen LogP contribution < -0.4 is 19.1 Å². The fraction of sp³-hybridized carbons (Fsp3) is 0.107. The summed E-state index contributed by atoms with van der Waals surface area (Å²) in [5, 5.41) is 2.95. The molecule has 0 aliphatic rings. The van der Waals surface area contributed by atoms with Crippen LogP contribution in [0.2, 0.25) is 5.02 Å². The molecule has 9 nitrogen and oxygen atoms in total. The van der Waals surface area contributed by atoms with E-state index in [-0.39, 0.29) is 21.2 Å². The molecule has 0 bridgehead atoms. The zero-order chi connectivity index (χ0) is 28.9. The summed E-state index contributed by atoms with van der Waals surface area (Å²) in [6.45, 7) is 1.17. The molecule has 0 saturated carbocycles. The van der Waals surface area contributed by atoms with Crippen molar-refractivity contribution in [2.45, 2.75) is 16.7 Å². The van der Waals surface area contributed by atoms with E-state index >= 15 is 0 Å². The molecular formula is C28H26ClN3O6S2. The van der Waals surface area contributed by atoms with E-state index in [1.54, 1.807) is 61.5 Å². The molecule has 0 aliphatic carbocycles. The summed E-state index contributed by atoms with van der Waals surface area (Å²) >= 11 is 6.16. The molecule has 0 radical (unpaired) electrons. The first-order valence-corrected chi connectivity index (χ1v) is 15.2. The van der Waals surface area contributed by atoms with Gasteiger partial charge in [-0.3, -0.25) is 13.8 Å². The molecule has 0 aromatic heterocycles. The van der Waals surface area contributed by atoms with E-state index < -0.39 is 32.5 Å². The van der Waals surface area contributed by atoms with E-state index in [9.17, 15) is 21.6 Å². The number of carbonyl (C=O) groups is 1. The van der Waals surface area contributed by atoms with Crippen LogP contribution in [0.4, 0.5) is 17.1 Å². The number of nitrogens with one attached hydrogen (secondary N) is 2. The lowest BCUT2D eigenvalue weighted by molar-refractivity contribution is -0.114. The van der Waals surface area contributed by atoms with Gasteiger partial charge in [0.05, 0.1) is 22.6 Å². The maximum absolute atomic E-state index is 13.5. The maximum Gasteiger partial charge on any atom is 0.264 e. The van der Waals surface area contributed by atoms with Crippen molar-refractivity contribution < 1.29 is 26.4 Å². The molecule has 4 aromatic carbocycles. The van der Waals surface area contributed by atoms with Gasteiger partial charge in [0, 0.05) is 16.4 Å². The van der Waals surface area contributed by atoms with Gasteiger partial charge in [-0.15, -0.1) is 0 Å². The van der Waals surface area contributed by atoms with E-state index in [1.807, 2.05) is 0 Å². The zero-order valence-electron chi connectivity index (χ0n) is 21.5. The molecule has 1 amide bonds. The average Bonchev–Trinajstić information content (AvgIpc) is 2.94. The number of halogens is 1. The number of benzene rings is 4. The number of amides is 1. The van der Waals surface area contributed by atoms with E-state index in [0.717, 1.165) is 4.31 Å². The highest BCUT2D eigenvalue weighted by Crippen LogP contribution is 2.29. The molecule has 4 rings (SSSR count). The fourth-order valence-corrected chi connectivity index (χ4v) is 6.52. The second kappa shape index (κ2) is 12.0. The van der Waals surface area contributed by atoms with Gasteiger partial charge in [0.2, 0.25) is 5.91 Å². The Morgan fingerprint density at radius 2 is 1.45 bits per heavy atom. The van der Waals surface area contributed by atoms with Crippen LogP contribution in [-0.2, 0) is 24.8 Å². The summed E-state index contributed by atoms with van der Waals surface area (Å²) in [4.78, 5) is 13.0. The van der Waals surface area contributed by atoms with E-state index in [4.69, 9.17) is 16.3 Å². The number of rotatable bonds is 10. The predicted octanol–water partition coefficient (Wildman–Crippen LogP) is 5.29. The van der Waals surface area contributed by atoms with Gasteiger partial charge in [-0.25, -0.2) is 16.8 Å². The smallest absolute Gasteiger partial charge is 0.264 e. The number of aryl methyl sites for hydroxylation is 1. The summed E-state index contributed by atoms with van der Waals surface area (Å²) in [6.07, 6.45) is 0. The summed E-state index contributed by atoms with van der Waals surface area (Å²) < 4.78 is 61.2. The Labute approximate surface area is 238 Å². The van der Waals surface area contributed by atoms with Gasteiger partial charge >= 0.3 is 0 Å². The Kier molecular flexibility index (Phi) is 8.67. The van der Waals surface area contributed by atoms with Crippen LogP contribution in [0.3, 0.4) is 0 Å². The maximum atomic E-state index is 13.5. The van der Waals surface area contributed by atoms with E-state index in [0.29, 0.717) is 22.0 Å². The molecule has 0 spiro atoms. The van der Waals surface area contributed by atoms with Crippen LogP contribution >= 0.6 is 11.6 Å². The minimum atomic E-state index is -4.12. The zero-order valence-corrected chi connectivity index (χ0v) is 23.9. The van der Waals surface area contributed by atoms with Crippen molar-refractivity contribution >= 4 is 54.6 Å². The number of ether oxygens (including phenoxy) is 1. The van der Waals surface area contributed by atoms with Crippen molar-refractivity contribution in [2.24, 2.45) is 0 Å². The average molecular weight is 600 g/mol. The summed E-state index contributed by atoms with van der Waals surface area (Å²) in [7, 11) is -6.51. The predicted molar refractivity (Wildman–Crippen MR) is 156 cm³/mol. The normalized spacial score (nSPS) is 11.5. The van der Waals surface area contributed by atoms with Gasteiger partial charge in [-0.05, 0) is 85.3 Å². The van der Waals surface area contributed by atoms with Crippen LogP contribution in [-0.4, -0.2) is 36.4 Å². The third-order valence-electron chi connectivity index (χ3n) is 5.85. The molecule has 0 heterocycles. The van der Waals surface area contributed by atoms with Gasteiger partial charge in [-0.2, -0.15) is 0 Å². The molecule has 0 aliphatic heterocycles. The highest BCUT2D eigenvalue weighted by Gasteiger charge is 2.28. The number of hydrogen-bond donors (Lipinski definition) is 2. The van der Waals surface area contributed by atoms with Crippen molar-refractivity contribution in [3.63, 3.8) is 0 Å². The highest BCUT2D eigenvalue weighted by molar-refractivity contribution is 7.93. The molecule has 0 unspecified atom stereocenters. The number of hydrogen-bond acceptors (Lipinski definition) is 6. The van der Waals surface area contributed by atoms with Gasteiger partial charge in [0.1, 0.15) is 12.3 Å². The molecule has 0 fully saturated rings. The quantitative estimate of drug-likeness (QED) is 0.255. The number of sulfonamides is 2. The van der Waals surface area contributed by atoms with Crippen molar-refractivity contribution in [1.82, 2.24) is 0 Å². The summed E-state index contributed by atoms with van der Waals surface area (Å²) in [6, 6.07) is 24.5. The molecule has 40 heavy (non-hydrogen) atoms. The molecule has 4 aromatic rings. The number of nitrogens with zero attached hydrogens (tertiary/aromatic N) is 1. The largest absolute Gasteiger partial charge is 0.497 e. The highest BCUT2D eigenvalue weighted by atomic mass is 35.5. The molecule has 208 valence electrons. The van der Waals surface area contributed by atoms with Crippen LogP contribution in [0, 0.1) is 6.92 Å². The fourth-order valence-electron chi connectivity index (χ4n) is 3.79. The Bertz CT molecular complexity index is 1710. The minimum Gasteiger partial charge on any atom is -0.497 e. The number of carbonyl (C=O) groups excluding carboxylic acids is 1. The van der Waals surface area contributed by atoms with Crippen LogP contribution in [0.5, 0.6) is 5.75 Å². The monoisotopic (exact) mass is 599 g/mol. The van der Waals surface area contributed by atoms with Crippen molar-refractivity contribution in [3.05, 3.63) is 108 Å². The molecule has 0 saturated heterocycles. The lowest BCUT2D eigenvalue weighted by Gasteiger charge is -2.26. The first-order valence-electron chi connectivity index (χ1n) is 11.9. The summed E-state index contributed by atoms with van der Waals surface area (Å²) in [5.41, 5.74) is 1.51. The Morgan fingerprint density at radius 1 is 0.825 bits per heavy atom. The minimum absolute atomic E-state index is 0.0149. The number of methoxy groups -OCH3 is 1. The second-order valence-corrected chi connectivity index (χ2v) is 12.6. The van der Waals surface area contributed by atoms with Crippen molar-refractivity contribution in [1.29, 1.82) is 0 Å². The Morgan fingerprint density at radius 3 is 2.08 bits per heavy atom. The van der Waals surface area contributed by atoms with Gasteiger partial charge in [0.25, 0.3) is 20.0 Å². The number of anilines is 3. The van der Waals surface area contributed by atoms with Crippen LogP contribution in [0.25, 0.3) is 0 Å². The van der Waals surface area contributed by atoms with Crippen molar-refractivity contribution in [3.8, 4) is 5.75 Å². The van der Waals surface area contributed by atoms with Crippen LogP contribution in [0.15, 0.2) is 107 Å². The Balaban J connectivity index is 1.53. The van der Waals surface area contributed by atoms with E-state index in [2.05, 4.69) is 10.0 Å². The van der Waals surface area contributed by atoms with Gasteiger partial charge in [-0.1, -0.05) is 35.9 Å². The van der Waals surface area contributed by atoms with Crippen LogP contribution in [0.1, 0.15) is 5.56 Å². The van der Waals surface area contributed by atoms with E-state index in [1.165, 1.54) is 49.6 Å². The first kappa shape index (κ1) is 28.9. The molecule has 2 N–H and O–H groups in total. The lowest BCUT2D eigenvalue weighted by Crippen LogP contribution is -2.38. The van der Waals surface area contributed by atoms with Gasteiger partial charge < -0.3 is 10.1 Å². The molecule has 0 atom stereocenters. The topological polar surface area (TPSA) is 122 Å². The van der Waals surface area contributed by atoms with Gasteiger partial charge in [0.15, 0.2) is 0 Å². The molecule has 12 heteroatoms. The summed E-state index contributed by atoms with van der Waals surface area (Å²) in [5.74, 6) is -0.0467. The third-order valence-corrected chi connectivity index (χ3v) is 9.26. The SMILES string of the molecule is COc1ccc(NS(=O)(=O)c2ccc(NC(=O)CN(c3cc(Cl)ccc3C)S(=O)(=O)c3ccccc3)cc2)cc1. The first-order chi connectivity index (χ1) is 19.0. The standard InChI is InChI=1S/C28H26ClN3O6S2/c1-20-8-9-21(29)18-27(20)32(40(36,37)26-6-4-3-5-7-26)19-28(33)30-22-12-16-25(17-13-22)39(34,35)31-23-10-14-24(38-2)15-11-23/h3-18,31H,19H2,1-2H3,(H,30,33). The lowest BCUT2D eigenvalue weighted by atomic mass is 10.2. The Hall–Kier alpha value is -4.06.